The van der Waals surface area contributed by atoms with Crippen molar-refractivity contribution in [2.75, 3.05) is 7.05 Å². The summed E-state index contributed by atoms with van der Waals surface area (Å²) in [5.74, 6) is -0.199. The average molecular weight is 125 g/mol. The quantitative estimate of drug-likeness (QED) is 0.528. The zero-order valence-corrected chi connectivity index (χ0v) is 5.68. The van der Waals surface area contributed by atoms with E-state index >= 15 is 0 Å². The van der Waals surface area contributed by atoms with Crippen LogP contribution >= 0.6 is 0 Å². The lowest BCUT2D eigenvalue weighted by atomic mass is 10.1. The molecule has 0 aromatic rings. The van der Waals surface area contributed by atoms with Crippen LogP contribution < -0.4 is 0 Å². The first kappa shape index (κ1) is 8.01. The summed E-state index contributed by atoms with van der Waals surface area (Å²) in [7, 11) is 1.64. The molecule has 0 aromatic heterocycles. The van der Waals surface area contributed by atoms with E-state index in [1.165, 1.54) is 6.21 Å². The standard InChI is InChI=1S/C6H11N3/c1-5(8)6(3-7)4-9-2/h3-4,6-8H,1-2H3. The minimum absolute atomic E-state index is 0.199. The van der Waals surface area contributed by atoms with E-state index in [-0.39, 0.29) is 5.92 Å². The Hall–Kier alpha value is -0.990. The van der Waals surface area contributed by atoms with Crippen LogP contribution in [0.4, 0.5) is 0 Å². The van der Waals surface area contributed by atoms with Crippen molar-refractivity contribution >= 4 is 18.1 Å². The molecular weight excluding hydrogens is 114 g/mol. The molecule has 1 atom stereocenters. The average Bonchev–Trinajstić information content (AvgIpc) is 1.82. The summed E-state index contributed by atoms with van der Waals surface area (Å²) in [5.41, 5.74) is 0.454. The van der Waals surface area contributed by atoms with Gasteiger partial charge in [-0.1, -0.05) is 0 Å². The largest absolute Gasteiger partial charge is 0.312 e. The molecule has 0 bridgehead atoms. The van der Waals surface area contributed by atoms with Crippen LogP contribution in [-0.2, 0) is 0 Å². The van der Waals surface area contributed by atoms with Crippen molar-refractivity contribution in [3.63, 3.8) is 0 Å². The Morgan fingerprint density at radius 1 is 1.67 bits per heavy atom. The summed E-state index contributed by atoms with van der Waals surface area (Å²) in [4.78, 5) is 3.71. The molecule has 0 aliphatic carbocycles. The van der Waals surface area contributed by atoms with Crippen molar-refractivity contribution in [3.8, 4) is 0 Å². The zero-order chi connectivity index (χ0) is 7.28. The highest BCUT2D eigenvalue weighted by Crippen LogP contribution is 1.88. The van der Waals surface area contributed by atoms with E-state index < -0.39 is 0 Å². The molecule has 0 heterocycles. The van der Waals surface area contributed by atoms with E-state index in [1.807, 2.05) is 0 Å². The van der Waals surface area contributed by atoms with Crippen LogP contribution in [0.25, 0.3) is 0 Å². The molecule has 1 unspecified atom stereocenters. The number of nitrogens with one attached hydrogen (secondary N) is 2. The van der Waals surface area contributed by atoms with Gasteiger partial charge in [0.1, 0.15) is 0 Å². The van der Waals surface area contributed by atoms with Crippen LogP contribution in [0.15, 0.2) is 4.99 Å². The maximum atomic E-state index is 7.11. The maximum absolute atomic E-state index is 7.11. The van der Waals surface area contributed by atoms with Gasteiger partial charge in [0.2, 0.25) is 0 Å². The molecule has 3 nitrogen and oxygen atoms in total. The zero-order valence-electron chi connectivity index (χ0n) is 5.68. The molecule has 9 heavy (non-hydrogen) atoms. The van der Waals surface area contributed by atoms with E-state index in [9.17, 15) is 0 Å². The minimum atomic E-state index is -0.199. The van der Waals surface area contributed by atoms with Crippen LogP contribution in [0.5, 0.6) is 0 Å². The first-order valence-electron chi connectivity index (χ1n) is 2.70. The van der Waals surface area contributed by atoms with E-state index in [1.54, 1.807) is 20.2 Å². The van der Waals surface area contributed by atoms with Crippen LogP contribution in [0, 0.1) is 16.7 Å². The maximum Gasteiger partial charge on any atom is 0.0658 e. The van der Waals surface area contributed by atoms with Gasteiger partial charge in [-0.25, -0.2) is 0 Å². The normalized spacial score (nSPS) is 13.6. The SMILES string of the molecule is CN=CC(C=N)C(C)=N. The molecule has 0 aliphatic heterocycles. The summed E-state index contributed by atoms with van der Waals surface area (Å²) in [6, 6.07) is 0. The van der Waals surface area contributed by atoms with Crippen molar-refractivity contribution < 1.29 is 0 Å². The fourth-order valence-electron chi connectivity index (χ4n) is 0.440. The van der Waals surface area contributed by atoms with Crippen LogP contribution in [0.3, 0.4) is 0 Å². The van der Waals surface area contributed by atoms with Crippen molar-refractivity contribution in [1.29, 1.82) is 10.8 Å². The van der Waals surface area contributed by atoms with E-state index in [0.717, 1.165) is 0 Å². The van der Waals surface area contributed by atoms with Crippen molar-refractivity contribution in [2.24, 2.45) is 10.9 Å². The molecule has 0 aromatic carbocycles. The lowest BCUT2D eigenvalue weighted by Crippen LogP contribution is -2.12. The third kappa shape index (κ3) is 2.74. The summed E-state index contributed by atoms with van der Waals surface area (Å²) in [6.07, 6.45) is 2.78. The van der Waals surface area contributed by atoms with Gasteiger partial charge >= 0.3 is 0 Å². The van der Waals surface area contributed by atoms with Crippen molar-refractivity contribution in [2.45, 2.75) is 6.92 Å². The van der Waals surface area contributed by atoms with Gasteiger partial charge in [0, 0.05) is 25.2 Å². The molecule has 0 saturated carbocycles. The lowest BCUT2D eigenvalue weighted by molar-refractivity contribution is 1.24. The lowest BCUT2D eigenvalue weighted by Gasteiger charge is -1.99. The summed E-state index contributed by atoms with van der Waals surface area (Å²) < 4.78 is 0. The molecule has 0 radical (unpaired) electrons. The highest BCUT2D eigenvalue weighted by Gasteiger charge is 2.00. The number of aliphatic imine (C=N–C) groups is 1. The molecule has 0 rings (SSSR count). The Morgan fingerprint density at radius 2 is 2.22 bits per heavy atom. The van der Waals surface area contributed by atoms with Gasteiger partial charge in [-0.2, -0.15) is 0 Å². The van der Waals surface area contributed by atoms with Gasteiger partial charge in [-0.15, -0.1) is 0 Å². The highest BCUT2D eigenvalue weighted by atomic mass is 14.6. The third-order valence-corrected chi connectivity index (χ3v) is 0.989. The molecule has 2 N–H and O–H groups in total. The van der Waals surface area contributed by atoms with Gasteiger partial charge in [-0.3, -0.25) is 4.99 Å². The summed E-state index contributed by atoms with van der Waals surface area (Å²) in [5, 5.41) is 13.9. The molecule has 0 fully saturated rings. The van der Waals surface area contributed by atoms with Crippen LogP contribution in [0.2, 0.25) is 0 Å². The number of hydrogen-bond acceptors (Lipinski definition) is 3. The Balaban J connectivity index is 3.98. The van der Waals surface area contributed by atoms with E-state index in [2.05, 4.69) is 4.99 Å². The number of hydrogen-bond donors (Lipinski definition) is 2. The third-order valence-electron chi connectivity index (χ3n) is 0.989. The second-order valence-corrected chi connectivity index (χ2v) is 1.78. The second-order valence-electron chi connectivity index (χ2n) is 1.78. The summed E-state index contributed by atoms with van der Waals surface area (Å²) in [6.45, 7) is 1.66. The Labute approximate surface area is 54.8 Å². The van der Waals surface area contributed by atoms with Crippen LogP contribution in [0.1, 0.15) is 6.92 Å². The fraction of sp³-hybridized carbons (Fsp3) is 0.500. The predicted molar refractivity (Wildman–Crippen MR) is 40.1 cm³/mol. The van der Waals surface area contributed by atoms with Gasteiger partial charge in [0.15, 0.2) is 0 Å². The Bertz CT molecular complexity index is 137. The van der Waals surface area contributed by atoms with Gasteiger partial charge < -0.3 is 10.8 Å². The molecule has 0 saturated heterocycles. The van der Waals surface area contributed by atoms with Gasteiger partial charge in [0.25, 0.3) is 0 Å². The highest BCUT2D eigenvalue weighted by molar-refractivity contribution is 6.08. The van der Waals surface area contributed by atoms with Gasteiger partial charge in [0.05, 0.1) is 5.92 Å². The second kappa shape index (κ2) is 3.95. The smallest absolute Gasteiger partial charge is 0.0658 e. The number of nitrogens with zero attached hydrogens (tertiary/aromatic N) is 1. The molecule has 0 amide bonds. The monoisotopic (exact) mass is 125 g/mol. The molecule has 3 heteroatoms. The van der Waals surface area contributed by atoms with Gasteiger partial charge in [-0.05, 0) is 6.92 Å². The molecule has 0 aliphatic rings. The fourth-order valence-corrected chi connectivity index (χ4v) is 0.440. The topological polar surface area (TPSA) is 60.1 Å². The number of rotatable bonds is 3. The summed E-state index contributed by atoms with van der Waals surface area (Å²) >= 11 is 0. The first-order chi connectivity index (χ1) is 4.22. The Kier molecular flexibility index (Phi) is 3.51. The Morgan fingerprint density at radius 3 is 2.33 bits per heavy atom. The first-order valence-corrected chi connectivity index (χ1v) is 2.70. The predicted octanol–water partition coefficient (Wildman–Crippen LogP) is 0.992. The minimum Gasteiger partial charge on any atom is -0.312 e. The van der Waals surface area contributed by atoms with Crippen LogP contribution in [-0.4, -0.2) is 25.2 Å². The van der Waals surface area contributed by atoms with Crippen molar-refractivity contribution in [1.82, 2.24) is 0 Å². The molecule has 0 spiro atoms. The molecule has 50 valence electrons. The van der Waals surface area contributed by atoms with Crippen molar-refractivity contribution in [3.05, 3.63) is 0 Å². The molecular formula is C6H11N3. The van der Waals surface area contributed by atoms with E-state index in [4.69, 9.17) is 10.8 Å². The van der Waals surface area contributed by atoms with E-state index in [0.29, 0.717) is 5.71 Å².